The molecule has 3 heterocycles. The number of thiophene rings is 2. The molecule has 1 fully saturated rings. The van der Waals surface area contributed by atoms with Crippen LogP contribution in [-0.2, 0) is 19.8 Å². The van der Waals surface area contributed by atoms with Crippen LogP contribution in [0.1, 0.15) is 48.8 Å². The number of halogens is 2. The second kappa shape index (κ2) is 12.4. The predicted molar refractivity (Wildman–Crippen MR) is 172 cm³/mol. The van der Waals surface area contributed by atoms with Gasteiger partial charge in [-0.3, -0.25) is 18.9 Å². The van der Waals surface area contributed by atoms with Gasteiger partial charge in [-0.05, 0) is 59.5 Å². The van der Waals surface area contributed by atoms with Gasteiger partial charge in [0.1, 0.15) is 12.1 Å². The summed E-state index contributed by atoms with van der Waals surface area (Å²) in [5.41, 5.74) is -4.97. The maximum Gasteiger partial charge on any atom is 0.399 e. The van der Waals surface area contributed by atoms with Crippen LogP contribution in [0.3, 0.4) is 0 Å². The van der Waals surface area contributed by atoms with E-state index in [2.05, 4.69) is 10.6 Å². The number of alkyl halides is 2. The smallest absolute Gasteiger partial charge is 0.339 e. The molecule has 45 heavy (non-hydrogen) atoms. The Balaban J connectivity index is 1.31. The average Bonchev–Trinajstić information content (AvgIpc) is 3.74. The van der Waals surface area contributed by atoms with Gasteiger partial charge in [-0.2, -0.15) is 8.78 Å². The van der Waals surface area contributed by atoms with Gasteiger partial charge in [0.25, 0.3) is 5.91 Å². The number of anilines is 1. The molecule has 0 unspecified atom stereocenters. The van der Waals surface area contributed by atoms with Crippen molar-refractivity contribution in [1.82, 2.24) is 10.2 Å². The number of nitrogens with zero attached hydrogens (tertiary/aromatic N) is 1. The van der Waals surface area contributed by atoms with Gasteiger partial charge >= 0.3 is 13.3 Å². The summed E-state index contributed by atoms with van der Waals surface area (Å²) in [6, 6.07) is 16.3. The Morgan fingerprint density at radius 2 is 1.71 bits per heavy atom. The van der Waals surface area contributed by atoms with Crippen molar-refractivity contribution in [2.45, 2.75) is 51.4 Å². The molecular weight excluding hydrogens is 643 g/mol. The minimum atomic E-state index is -5.76. The highest BCUT2D eigenvalue weighted by Crippen LogP contribution is 2.59. The van der Waals surface area contributed by atoms with Crippen molar-refractivity contribution in [3.05, 3.63) is 77.2 Å². The normalized spacial score (nSPS) is 16.5. The average molecular weight is 676 g/mol. The molecule has 2 aromatic heterocycles. The van der Waals surface area contributed by atoms with E-state index in [1.54, 1.807) is 20.8 Å². The Morgan fingerprint density at radius 1 is 1.00 bits per heavy atom. The van der Waals surface area contributed by atoms with Gasteiger partial charge in [-0.1, -0.05) is 57.2 Å². The number of benzene rings is 2. The number of nitrogens with one attached hydrogen (secondary N) is 2. The molecular formula is C31H32F2N3O6PS2. The number of likely N-dealkylation sites (tertiary alicyclic amines) is 1. The summed E-state index contributed by atoms with van der Waals surface area (Å²) in [6.45, 7) is 5.72. The summed E-state index contributed by atoms with van der Waals surface area (Å²) >= 11 is 2.43. The molecule has 0 spiro atoms. The molecule has 2 aromatic carbocycles. The van der Waals surface area contributed by atoms with Crippen LogP contribution in [-0.4, -0.2) is 51.0 Å². The maximum atomic E-state index is 14.3. The van der Waals surface area contributed by atoms with E-state index in [4.69, 9.17) is 9.79 Å². The van der Waals surface area contributed by atoms with E-state index in [1.807, 2.05) is 42.5 Å². The molecule has 0 saturated carbocycles. The Bertz CT molecular complexity index is 1800. The van der Waals surface area contributed by atoms with Crippen molar-refractivity contribution >= 4 is 63.1 Å². The molecule has 1 aliphatic rings. The highest BCUT2D eigenvalue weighted by Gasteiger charge is 2.50. The van der Waals surface area contributed by atoms with Crippen LogP contribution in [0.2, 0.25) is 0 Å². The number of rotatable bonds is 8. The number of carbonyl (C=O) groups is 3. The molecule has 1 saturated heterocycles. The quantitative estimate of drug-likeness (QED) is 0.155. The first-order valence-corrected chi connectivity index (χ1v) is 17.4. The van der Waals surface area contributed by atoms with Crippen molar-refractivity contribution in [3.8, 4) is 10.4 Å². The Kier molecular flexibility index (Phi) is 9.05. The SMILES string of the molecule is CC(C)(C)[C@H](NC(=O)c1cc2cc(C(F)(F)P(=O)(O)O)ccc2s1)C(=O)N1CCC[C@H]1C(=O)Nc1ccc(-c2ccccc2)s1. The molecule has 0 aliphatic carbocycles. The minimum absolute atomic E-state index is 0.131. The number of hydrogen-bond acceptors (Lipinski definition) is 6. The van der Waals surface area contributed by atoms with E-state index in [-0.39, 0.29) is 16.2 Å². The van der Waals surface area contributed by atoms with Gasteiger partial charge in [0.05, 0.1) is 9.88 Å². The first-order valence-electron chi connectivity index (χ1n) is 14.1. The van der Waals surface area contributed by atoms with E-state index in [0.29, 0.717) is 29.1 Å². The van der Waals surface area contributed by atoms with Crippen molar-refractivity contribution in [1.29, 1.82) is 0 Å². The third kappa shape index (κ3) is 6.87. The van der Waals surface area contributed by atoms with Gasteiger partial charge in [-0.25, -0.2) is 0 Å². The number of fused-ring (bicyclic) bond motifs is 1. The lowest BCUT2D eigenvalue weighted by molar-refractivity contribution is -0.140. The molecule has 4 N–H and O–H groups in total. The molecule has 9 nitrogen and oxygen atoms in total. The Morgan fingerprint density at radius 3 is 2.38 bits per heavy atom. The van der Waals surface area contributed by atoms with Crippen LogP contribution >= 0.6 is 30.3 Å². The van der Waals surface area contributed by atoms with Gasteiger partial charge in [0, 0.05) is 21.7 Å². The highest BCUT2D eigenvalue weighted by atomic mass is 32.1. The lowest BCUT2D eigenvalue weighted by Gasteiger charge is -2.35. The van der Waals surface area contributed by atoms with Crippen molar-refractivity contribution in [2.75, 3.05) is 11.9 Å². The van der Waals surface area contributed by atoms with Crippen molar-refractivity contribution in [2.24, 2.45) is 5.41 Å². The van der Waals surface area contributed by atoms with Crippen molar-refractivity contribution < 1.29 is 37.5 Å². The van der Waals surface area contributed by atoms with Crippen LogP contribution in [0.15, 0.2) is 66.7 Å². The molecule has 0 bridgehead atoms. The zero-order valence-corrected chi connectivity index (χ0v) is 27.1. The monoisotopic (exact) mass is 675 g/mol. The molecule has 5 rings (SSSR count). The van der Waals surface area contributed by atoms with Crippen LogP contribution in [0.5, 0.6) is 0 Å². The van der Waals surface area contributed by atoms with Crippen LogP contribution in [0, 0.1) is 5.41 Å². The van der Waals surface area contributed by atoms with Crippen LogP contribution in [0.4, 0.5) is 13.8 Å². The zero-order chi connectivity index (χ0) is 32.7. The van der Waals surface area contributed by atoms with Gasteiger partial charge in [-0.15, -0.1) is 22.7 Å². The molecule has 4 aromatic rings. The summed E-state index contributed by atoms with van der Waals surface area (Å²) in [6.07, 6.45) is 1.09. The molecule has 1 aliphatic heterocycles. The Hall–Kier alpha value is -3.48. The summed E-state index contributed by atoms with van der Waals surface area (Å²) in [5, 5.41) is 6.59. The fraction of sp³-hybridized carbons (Fsp3) is 0.323. The molecule has 0 radical (unpaired) electrons. The summed E-state index contributed by atoms with van der Waals surface area (Å²) in [5.74, 6) is -1.33. The molecule has 238 valence electrons. The van der Waals surface area contributed by atoms with E-state index < -0.39 is 48.1 Å². The van der Waals surface area contributed by atoms with E-state index >= 15 is 0 Å². The maximum absolute atomic E-state index is 14.3. The number of carbonyl (C=O) groups excluding carboxylic acids is 3. The zero-order valence-electron chi connectivity index (χ0n) is 24.6. The first kappa shape index (κ1) is 32.9. The predicted octanol–water partition coefficient (Wildman–Crippen LogP) is 6.63. The largest absolute Gasteiger partial charge is 0.399 e. The van der Waals surface area contributed by atoms with E-state index in [9.17, 15) is 27.7 Å². The first-order chi connectivity index (χ1) is 21.1. The summed E-state index contributed by atoms with van der Waals surface area (Å²) < 4.78 is 40.3. The standard InChI is InChI=1S/C31H32F2N3O6PS2/c1-30(2,3)26(35-28(38)24-17-19-16-20(11-12-23(19)44-24)31(32,33)43(40,41)42)29(39)36-15-7-10-21(36)27(37)34-25-14-13-22(45-25)18-8-5-4-6-9-18/h4-6,8-9,11-14,16-17,21,26H,7,10,15H2,1-3H3,(H,34,37)(H,35,38)(H2,40,41,42)/t21-,26+/m0/s1. The third-order valence-corrected chi connectivity index (χ3v) is 10.7. The number of hydrogen-bond donors (Lipinski definition) is 4. The third-order valence-electron chi connectivity index (χ3n) is 7.59. The Labute approximate surface area is 266 Å². The van der Waals surface area contributed by atoms with Crippen LogP contribution in [0.25, 0.3) is 20.5 Å². The van der Waals surface area contributed by atoms with E-state index in [1.165, 1.54) is 28.4 Å². The summed E-state index contributed by atoms with van der Waals surface area (Å²) in [7, 11) is -5.76. The van der Waals surface area contributed by atoms with Crippen molar-refractivity contribution in [3.63, 3.8) is 0 Å². The fourth-order valence-corrected chi connectivity index (χ4v) is 7.53. The molecule has 14 heteroatoms. The second-order valence-corrected chi connectivity index (χ2v) is 15.7. The lowest BCUT2D eigenvalue weighted by atomic mass is 9.85. The lowest BCUT2D eigenvalue weighted by Crippen LogP contribution is -2.57. The summed E-state index contributed by atoms with van der Waals surface area (Å²) in [4.78, 5) is 61.5. The van der Waals surface area contributed by atoms with Gasteiger partial charge in [0.15, 0.2) is 0 Å². The minimum Gasteiger partial charge on any atom is -0.339 e. The fourth-order valence-electron chi connectivity index (χ4n) is 5.20. The van der Waals surface area contributed by atoms with Gasteiger partial charge in [0.2, 0.25) is 11.8 Å². The molecule has 3 amide bonds. The second-order valence-electron chi connectivity index (χ2n) is 11.9. The van der Waals surface area contributed by atoms with Crippen LogP contribution < -0.4 is 10.6 Å². The molecule has 2 atom stereocenters. The topological polar surface area (TPSA) is 136 Å². The van der Waals surface area contributed by atoms with Gasteiger partial charge < -0.3 is 25.3 Å². The highest BCUT2D eigenvalue weighted by molar-refractivity contribution is 7.52. The number of amides is 3. The van der Waals surface area contributed by atoms with E-state index in [0.717, 1.165) is 33.9 Å².